The van der Waals surface area contributed by atoms with E-state index < -0.39 is 0 Å². The van der Waals surface area contributed by atoms with Gasteiger partial charge in [0.2, 0.25) is 0 Å². The fraction of sp³-hybridized carbons (Fsp3) is 0.538. The lowest BCUT2D eigenvalue weighted by atomic mass is 9.96. The molecule has 0 spiro atoms. The Hall–Kier alpha value is -0.780. The van der Waals surface area contributed by atoms with Crippen LogP contribution < -0.4 is 0 Å². The van der Waals surface area contributed by atoms with Crippen LogP contribution in [0.25, 0.3) is 0 Å². The summed E-state index contributed by atoms with van der Waals surface area (Å²) in [5.41, 5.74) is 4.10. The number of allylic oxidation sites excluding steroid dienone is 5. The lowest BCUT2D eigenvalue weighted by molar-refractivity contribution is 0.913. The summed E-state index contributed by atoms with van der Waals surface area (Å²) >= 11 is 0. The number of rotatable bonds is 1. The normalized spacial score (nSPS) is 15.1. The Kier molecular flexibility index (Phi) is 6.30. The third kappa shape index (κ3) is 5.46. The first-order chi connectivity index (χ1) is 6.11. The summed E-state index contributed by atoms with van der Waals surface area (Å²) in [4.78, 5) is 0. The maximum atomic E-state index is 3.91. The van der Waals surface area contributed by atoms with Crippen molar-refractivity contribution in [2.45, 2.75) is 47.0 Å². The van der Waals surface area contributed by atoms with Gasteiger partial charge in [0.05, 0.1) is 0 Å². The molecule has 0 saturated carbocycles. The van der Waals surface area contributed by atoms with Crippen LogP contribution in [0.3, 0.4) is 0 Å². The first-order valence-corrected chi connectivity index (χ1v) is 5.14. The maximum Gasteiger partial charge on any atom is -0.0239 e. The molecule has 1 rings (SSSR count). The van der Waals surface area contributed by atoms with E-state index in [-0.39, 0.29) is 0 Å². The molecule has 0 bridgehead atoms. The van der Waals surface area contributed by atoms with Gasteiger partial charge in [-0.25, -0.2) is 0 Å². The van der Waals surface area contributed by atoms with Crippen molar-refractivity contribution in [3.63, 3.8) is 0 Å². The van der Waals surface area contributed by atoms with Crippen molar-refractivity contribution in [3.8, 4) is 0 Å². The molecule has 0 unspecified atom stereocenters. The van der Waals surface area contributed by atoms with Gasteiger partial charge < -0.3 is 0 Å². The molecule has 0 amide bonds. The zero-order chi connectivity index (χ0) is 10.3. The van der Waals surface area contributed by atoms with Gasteiger partial charge in [-0.3, -0.25) is 0 Å². The maximum absolute atomic E-state index is 3.91. The molecule has 0 heteroatoms. The van der Waals surface area contributed by atoms with Gasteiger partial charge in [-0.05, 0) is 32.3 Å². The van der Waals surface area contributed by atoms with E-state index >= 15 is 0 Å². The highest BCUT2D eigenvalue weighted by atomic mass is 14.1. The molecule has 1 aliphatic carbocycles. The molecule has 74 valence electrons. The van der Waals surface area contributed by atoms with E-state index in [0.717, 1.165) is 0 Å². The average Bonchev–Trinajstić information content (AvgIpc) is 2.06. The highest BCUT2D eigenvalue weighted by molar-refractivity contribution is 5.34. The van der Waals surface area contributed by atoms with E-state index in [0.29, 0.717) is 0 Å². The molecule has 0 aromatic rings. The van der Waals surface area contributed by atoms with Gasteiger partial charge in [0, 0.05) is 0 Å². The quantitative estimate of drug-likeness (QED) is 0.548. The highest BCUT2D eigenvalue weighted by Crippen LogP contribution is 2.21. The third-order valence-corrected chi connectivity index (χ3v) is 1.91. The van der Waals surface area contributed by atoms with Gasteiger partial charge in [-0.2, -0.15) is 0 Å². The lowest BCUT2D eigenvalue weighted by Crippen LogP contribution is -1.90. The molecule has 0 atom stereocenters. The summed E-state index contributed by atoms with van der Waals surface area (Å²) in [6.45, 7) is 12.4. The first-order valence-electron chi connectivity index (χ1n) is 5.14. The van der Waals surface area contributed by atoms with Gasteiger partial charge in [0.15, 0.2) is 0 Å². The summed E-state index contributed by atoms with van der Waals surface area (Å²) in [6.07, 6.45) is 8.00. The van der Waals surface area contributed by atoms with E-state index in [4.69, 9.17) is 0 Å². The Morgan fingerprint density at radius 1 is 1.31 bits per heavy atom. The van der Waals surface area contributed by atoms with E-state index in [1.54, 1.807) is 0 Å². The molecule has 0 fully saturated rings. The second-order valence-electron chi connectivity index (χ2n) is 3.69. The Balaban J connectivity index is 0.000000424. The standard InChI is InChI=1S/C10H14.C3H8/c1-8(2)10-6-4-9(3)5-7-10;1-3-2/h4,6H,1,5,7H2,2-3H3;3H2,1-2H3. The van der Waals surface area contributed by atoms with Gasteiger partial charge in [-0.1, -0.05) is 50.1 Å². The van der Waals surface area contributed by atoms with Crippen molar-refractivity contribution in [2.24, 2.45) is 0 Å². The SMILES string of the molecule is C=C(C)C1=CC=C(C)CC1.CCC. The fourth-order valence-electron chi connectivity index (χ4n) is 1.10. The summed E-state index contributed by atoms with van der Waals surface area (Å²) in [6, 6.07) is 0. The molecule has 0 aromatic heterocycles. The van der Waals surface area contributed by atoms with Crippen LogP contribution in [0, 0.1) is 0 Å². The Morgan fingerprint density at radius 3 is 2.15 bits per heavy atom. The van der Waals surface area contributed by atoms with Crippen LogP contribution in [-0.2, 0) is 0 Å². The lowest BCUT2D eigenvalue weighted by Gasteiger charge is -2.10. The molecular formula is C13H22. The largest absolute Gasteiger partial charge is 0.0958 e. The van der Waals surface area contributed by atoms with Crippen molar-refractivity contribution in [1.29, 1.82) is 0 Å². The van der Waals surface area contributed by atoms with Gasteiger partial charge >= 0.3 is 0 Å². The molecule has 0 radical (unpaired) electrons. The fourth-order valence-corrected chi connectivity index (χ4v) is 1.10. The minimum Gasteiger partial charge on any atom is -0.0958 e. The predicted octanol–water partition coefficient (Wildman–Crippen LogP) is 4.65. The van der Waals surface area contributed by atoms with E-state index in [2.05, 4.69) is 46.4 Å². The highest BCUT2D eigenvalue weighted by Gasteiger charge is 2.02. The van der Waals surface area contributed by atoms with Crippen molar-refractivity contribution < 1.29 is 0 Å². The minimum atomic E-state index is 1.18. The molecule has 13 heavy (non-hydrogen) atoms. The Labute approximate surface area is 83.0 Å². The minimum absolute atomic E-state index is 1.18. The molecule has 0 aromatic carbocycles. The van der Waals surface area contributed by atoms with E-state index in [9.17, 15) is 0 Å². The van der Waals surface area contributed by atoms with Crippen molar-refractivity contribution in [2.75, 3.05) is 0 Å². The van der Waals surface area contributed by atoms with Crippen LogP contribution in [0.15, 0.2) is 35.5 Å². The van der Waals surface area contributed by atoms with Crippen LogP contribution in [0.4, 0.5) is 0 Å². The van der Waals surface area contributed by atoms with Crippen LogP contribution in [0.5, 0.6) is 0 Å². The van der Waals surface area contributed by atoms with Crippen molar-refractivity contribution >= 4 is 0 Å². The molecule has 0 heterocycles. The second-order valence-corrected chi connectivity index (χ2v) is 3.69. The van der Waals surface area contributed by atoms with Crippen LogP contribution >= 0.6 is 0 Å². The van der Waals surface area contributed by atoms with E-state index in [1.807, 2.05) is 0 Å². The van der Waals surface area contributed by atoms with Gasteiger partial charge in [-0.15, -0.1) is 0 Å². The summed E-state index contributed by atoms with van der Waals surface area (Å²) < 4.78 is 0. The molecule has 0 nitrogen and oxygen atoms in total. The third-order valence-electron chi connectivity index (χ3n) is 1.91. The van der Waals surface area contributed by atoms with E-state index in [1.165, 1.54) is 36.0 Å². The average molecular weight is 178 g/mol. The van der Waals surface area contributed by atoms with Crippen molar-refractivity contribution in [1.82, 2.24) is 0 Å². The van der Waals surface area contributed by atoms with Crippen LogP contribution in [0.1, 0.15) is 47.0 Å². The van der Waals surface area contributed by atoms with Crippen molar-refractivity contribution in [3.05, 3.63) is 35.5 Å². The second kappa shape index (κ2) is 6.71. The first kappa shape index (κ1) is 12.2. The van der Waals surface area contributed by atoms with Crippen LogP contribution in [-0.4, -0.2) is 0 Å². The summed E-state index contributed by atoms with van der Waals surface area (Å²) in [7, 11) is 0. The number of hydrogen-bond donors (Lipinski definition) is 0. The molecule has 0 aliphatic heterocycles. The monoisotopic (exact) mass is 178 g/mol. The zero-order valence-corrected chi connectivity index (χ0v) is 9.48. The Morgan fingerprint density at radius 2 is 1.85 bits per heavy atom. The molecule has 0 saturated heterocycles. The zero-order valence-electron chi connectivity index (χ0n) is 9.48. The molecule has 0 N–H and O–H groups in total. The summed E-state index contributed by atoms with van der Waals surface area (Å²) in [5.74, 6) is 0. The topological polar surface area (TPSA) is 0 Å². The van der Waals surface area contributed by atoms with Gasteiger partial charge in [0.25, 0.3) is 0 Å². The molecular weight excluding hydrogens is 156 g/mol. The number of hydrogen-bond acceptors (Lipinski definition) is 0. The summed E-state index contributed by atoms with van der Waals surface area (Å²) in [5, 5.41) is 0. The smallest absolute Gasteiger partial charge is 0.0239 e. The predicted molar refractivity (Wildman–Crippen MR) is 61.9 cm³/mol. The molecule has 1 aliphatic rings. The van der Waals surface area contributed by atoms with Gasteiger partial charge in [0.1, 0.15) is 0 Å². The Bertz CT molecular complexity index is 216. The van der Waals surface area contributed by atoms with Crippen LogP contribution in [0.2, 0.25) is 0 Å².